The fourth-order valence-electron chi connectivity index (χ4n) is 19.0. The highest BCUT2D eigenvalue weighted by atomic mass is 16.3. The number of hydrogen-bond donors (Lipinski definition) is 0. The van der Waals surface area contributed by atoms with Gasteiger partial charge in [0.2, 0.25) is 0 Å². The molecule has 0 radical (unpaired) electrons. The molecule has 0 fully saturated rings. The first-order valence-electron chi connectivity index (χ1n) is 44.3. The lowest BCUT2D eigenvalue weighted by Gasteiger charge is -2.12. The molecule has 0 N–H and O–H groups in total. The van der Waals surface area contributed by atoms with Crippen LogP contribution in [0.2, 0.25) is 0 Å². The zero-order chi connectivity index (χ0) is 87.1. The smallest absolute Gasteiger partial charge is 0.160 e. The summed E-state index contributed by atoms with van der Waals surface area (Å²) >= 11 is 0. The van der Waals surface area contributed by atoms with Crippen LogP contribution in [0, 0.1) is 0 Å². The van der Waals surface area contributed by atoms with Gasteiger partial charge < -0.3 is 27.0 Å². The number of nitrogens with zero attached hydrogens (tertiary/aromatic N) is 9. The summed E-state index contributed by atoms with van der Waals surface area (Å²) in [7, 11) is 0. The molecule has 0 saturated heterocycles. The van der Waals surface area contributed by atoms with Crippen molar-refractivity contribution in [1.82, 2.24) is 43.6 Å². The van der Waals surface area contributed by atoms with Gasteiger partial charge >= 0.3 is 0 Å². The van der Waals surface area contributed by atoms with Gasteiger partial charge in [0.05, 0.1) is 72.6 Å². The third kappa shape index (κ3) is 13.5. The molecule has 0 saturated carbocycles. The topological polar surface area (TPSA) is 132 Å². The number of furan rings is 3. The van der Waals surface area contributed by atoms with Crippen LogP contribution in [0.1, 0.15) is 0 Å². The standard InChI is InChI=1S/3C40H25N3O/c1-3-11-26(12-4-1)34-25-35(42-40(41-34)28-13-5-2-6-14-28)27-19-21-29(22-20-27)43-36-17-9-7-15-30(36)32-24-39-33(23-37(32)43)31-16-8-10-18-38(31)44-39;1-3-11-26(12-4-1)33-25-34(42-40(41-33)28-13-5-2-6-14-28)27-19-21-29(22-20-27)43-35-17-9-7-15-30(35)31-23-24-37-38(39(31)43)32-16-8-10-18-36(32)44-37;1-3-11-26(12-4-1)34-25-35(42-40(41-34)28-13-5-2-6-14-28)27-19-21-29(22-20-27)43-36-17-9-7-15-30(36)32-23-24-33-31-16-8-10-18-37(31)44-39(33)38(32)43/h3*1-25H. The molecule has 27 aromatic rings. The van der Waals surface area contributed by atoms with Crippen molar-refractivity contribution in [3.05, 3.63) is 455 Å². The number of para-hydroxylation sites is 6. The van der Waals surface area contributed by atoms with Crippen molar-refractivity contribution in [2.24, 2.45) is 0 Å². The molecule has 12 heteroatoms. The van der Waals surface area contributed by atoms with Crippen LogP contribution in [0.25, 0.3) is 250 Å². The van der Waals surface area contributed by atoms with Gasteiger partial charge in [0, 0.05) is 126 Å². The minimum absolute atomic E-state index is 0.709. The van der Waals surface area contributed by atoms with Gasteiger partial charge in [-0.15, -0.1) is 0 Å². The molecular weight excluding hydrogens is 1620 g/mol. The van der Waals surface area contributed by atoms with Crippen LogP contribution in [0.4, 0.5) is 0 Å². The van der Waals surface area contributed by atoms with Gasteiger partial charge in [-0.2, -0.15) is 0 Å². The van der Waals surface area contributed by atoms with E-state index in [1.165, 1.54) is 32.3 Å². The largest absolute Gasteiger partial charge is 0.456 e. The van der Waals surface area contributed by atoms with E-state index in [1.807, 2.05) is 146 Å². The molecule has 12 nitrogen and oxygen atoms in total. The molecular formula is C120H75N9O3. The first-order valence-corrected chi connectivity index (χ1v) is 44.3. The minimum atomic E-state index is 0.709. The molecule has 0 amide bonds. The number of benzene rings is 18. The monoisotopic (exact) mass is 1690 g/mol. The Hall–Kier alpha value is -18.0. The van der Waals surface area contributed by atoms with Crippen molar-refractivity contribution in [2.45, 2.75) is 0 Å². The Labute approximate surface area is 756 Å². The predicted octanol–water partition coefficient (Wildman–Crippen LogP) is 31.4. The highest BCUT2D eigenvalue weighted by Crippen LogP contribution is 2.46. The first kappa shape index (κ1) is 76.4. The van der Waals surface area contributed by atoms with E-state index in [2.05, 4.69) is 323 Å². The van der Waals surface area contributed by atoms with Crippen LogP contribution in [0.15, 0.2) is 468 Å². The van der Waals surface area contributed by atoms with Gasteiger partial charge in [-0.25, -0.2) is 29.9 Å². The second-order valence-corrected chi connectivity index (χ2v) is 33.1. The molecule has 0 spiro atoms. The zero-order valence-electron chi connectivity index (χ0n) is 71.1. The van der Waals surface area contributed by atoms with Crippen LogP contribution in [-0.4, -0.2) is 43.6 Å². The summed E-state index contributed by atoms with van der Waals surface area (Å²) in [5.74, 6) is 2.13. The Morgan fingerprint density at radius 3 is 0.886 bits per heavy atom. The van der Waals surface area contributed by atoms with Gasteiger partial charge in [-0.3, -0.25) is 0 Å². The molecule has 132 heavy (non-hydrogen) atoms. The Morgan fingerprint density at radius 1 is 0.159 bits per heavy atom. The maximum atomic E-state index is 6.52. The quantitative estimate of drug-likeness (QED) is 0.117. The molecule has 27 rings (SSSR count). The lowest BCUT2D eigenvalue weighted by Crippen LogP contribution is -1.97. The fraction of sp³-hybridized carbons (Fsp3) is 0. The van der Waals surface area contributed by atoms with Crippen LogP contribution < -0.4 is 0 Å². The number of fused-ring (bicyclic) bond motifs is 20. The van der Waals surface area contributed by atoms with Crippen LogP contribution >= 0.6 is 0 Å². The van der Waals surface area contributed by atoms with Crippen LogP contribution in [-0.2, 0) is 0 Å². The maximum Gasteiger partial charge on any atom is 0.160 e. The average Bonchev–Trinajstić information content (AvgIpc) is 1.58. The van der Waals surface area contributed by atoms with Gasteiger partial charge in [0.25, 0.3) is 0 Å². The highest BCUT2D eigenvalue weighted by molar-refractivity contribution is 6.25. The van der Waals surface area contributed by atoms with Crippen molar-refractivity contribution in [3.8, 4) is 119 Å². The molecule has 0 atom stereocenters. The molecule has 18 aromatic carbocycles. The molecule has 0 bridgehead atoms. The first-order chi connectivity index (χ1) is 65.4. The second-order valence-electron chi connectivity index (χ2n) is 33.1. The normalized spacial score (nSPS) is 11.6. The summed E-state index contributed by atoms with van der Waals surface area (Å²) in [6.07, 6.45) is 0. The molecule has 618 valence electrons. The molecule has 0 aliphatic rings. The second kappa shape index (κ2) is 32.1. The van der Waals surface area contributed by atoms with E-state index in [-0.39, 0.29) is 0 Å². The maximum absolute atomic E-state index is 6.52. The van der Waals surface area contributed by atoms with E-state index in [0.29, 0.717) is 17.5 Å². The van der Waals surface area contributed by atoms with Crippen molar-refractivity contribution >= 4 is 131 Å². The summed E-state index contributed by atoms with van der Waals surface area (Å²) < 4.78 is 26.1. The van der Waals surface area contributed by atoms with E-state index in [1.54, 1.807) is 0 Å². The molecule has 0 unspecified atom stereocenters. The summed E-state index contributed by atoms with van der Waals surface area (Å²) in [6, 6.07) is 157. The van der Waals surface area contributed by atoms with Gasteiger partial charge in [0.15, 0.2) is 23.1 Å². The van der Waals surface area contributed by atoms with Crippen molar-refractivity contribution in [1.29, 1.82) is 0 Å². The summed E-state index contributed by atoms with van der Waals surface area (Å²) in [4.78, 5) is 29.9. The average molecular weight is 1690 g/mol. The Balaban J connectivity index is 0.000000106. The molecule has 9 aromatic heterocycles. The number of hydrogen-bond acceptors (Lipinski definition) is 9. The fourth-order valence-corrected chi connectivity index (χ4v) is 19.0. The highest BCUT2D eigenvalue weighted by Gasteiger charge is 2.25. The van der Waals surface area contributed by atoms with E-state index in [9.17, 15) is 0 Å². The third-order valence-electron chi connectivity index (χ3n) is 25.3. The lowest BCUT2D eigenvalue weighted by atomic mass is 10.1. The summed E-state index contributed by atoms with van der Waals surface area (Å²) in [5.41, 5.74) is 30.1. The van der Waals surface area contributed by atoms with E-state index in [0.717, 1.165) is 200 Å². The lowest BCUT2D eigenvalue weighted by molar-refractivity contribution is 0.669. The van der Waals surface area contributed by atoms with E-state index >= 15 is 0 Å². The number of rotatable bonds is 12. The van der Waals surface area contributed by atoms with Crippen molar-refractivity contribution < 1.29 is 13.3 Å². The SMILES string of the molecule is c1ccc(-c2cc(-c3ccc(-n4c5ccccc5c5cc6oc7ccccc7c6cc54)cc3)nc(-c3ccccc3)n2)cc1.c1ccc(-c2cc(-c3ccc(-n4c5ccccc5c5ccc6c7ccccc7oc6c54)cc3)nc(-c3ccccc3)n2)cc1.c1ccc(-c2cc(-c3ccc(-n4c5ccccc5c5ccc6oc7ccccc7c6c54)cc3)nc(-c3ccccc3)n2)cc1. The zero-order valence-corrected chi connectivity index (χ0v) is 71.1. The van der Waals surface area contributed by atoms with Gasteiger partial charge in [-0.1, -0.05) is 334 Å². The summed E-state index contributed by atoms with van der Waals surface area (Å²) in [6.45, 7) is 0. The Morgan fingerprint density at radius 2 is 0.455 bits per heavy atom. The van der Waals surface area contributed by atoms with E-state index < -0.39 is 0 Å². The predicted molar refractivity (Wildman–Crippen MR) is 540 cm³/mol. The summed E-state index contributed by atoms with van der Waals surface area (Å²) in [5, 5.41) is 13.9. The van der Waals surface area contributed by atoms with Crippen LogP contribution in [0.3, 0.4) is 0 Å². The molecule has 0 aliphatic carbocycles. The molecule has 9 heterocycles. The number of aromatic nitrogens is 9. The van der Waals surface area contributed by atoms with Crippen molar-refractivity contribution in [3.63, 3.8) is 0 Å². The third-order valence-corrected chi connectivity index (χ3v) is 25.3. The minimum Gasteiger partial charge on any atom is -0.456 e. The van der Waals surface area contributed by atoms with Gasteiger partial charge in [0.1, 0.15) is 27.9 Å². The van der Waals surface area contributed by atoms with Gasteiger partial charge in [-0.05, 0) is 121 Å². The van der Waals surface area contributed by atoms with Crippen molar-refractivity contribution in [2.75, 3.05) is 0 Å². The molecule has 0 aliphatic heterocycles. The Kier molecular flexibility index (Phi) is 18.6. The van der Waals surface area contributed by atoms with Crippen LogP contribution in [0.5, 0.6) is 0 Å². The Bertz CT molecular complexity index is 8900. The van der Waals surface area contributed by atoms with E-state index in [4.69, 9.17) is 43.2 Å².